The minimum absolute atomic E-state index is 0.00127. The van der Waals surface area contributed by atoms with Crippen LogP contribution in [-0.2, 0) is 11.2 Å². The maximum Gasteiger partial charge on any atom is 0.290 e. The molecule has 6 heteroatoms. The van der Waals surface area contributed by atoms with Gasteiger partial charge >= 0.3 is 0 Å². The molecule has 1 aromatic heterocycles. The van der Waals surface area contributed by atoms with Crippen molar-refractivity contribution in [1.82, 2.24) is 5.16 Å². The molecule has 90 valence electrons. The molecule has 18 heavy (non-hydrogen) atoms. The number of amides is 1. The van der Waals surface area contributed by atoms with Crippen molar-refractivity contribution in [3.8, 4) is 11.3 Å². The SMILES string of the molecule is O=C1Cc2cc(-c3cc(C(=O)Cl)on3)ccc2N1. The van der Waals surface area contributed by atoms with E-state index in [1.165, 1.54) is 6.07 Å². The van der Waals surface area contributed by atoms with Gasteiger partial charge in [-0.25, -0.2) is 0 Å². The predicted molar refractivity (Wildman–Crippen MR) is 64.5 cm³/mol. The molecule has 1 aliphatic rings. The summed E-state index contributed by atoms with van der Waals surface area (Å²) in [5.74, 6) is -0.0275. The average molecular weight is 263 g/mol. The van der Waals surface area contributed by atoms with Crippen molar-refractivity contribution in [3.63, 3.8) is 0 Å². The van der Waals surface area contributed by atoms with Crippen LogP contribution in [0.2, 0.25) is 0 Å². The Morgan fingerprint density at radius 3 is 2.94 bits per heavy atom. The lowest BCUT2D eigenvalue weighted by Crippen LogP contribution is -2.03. The van der Waals surface area contributed by atoms with E-state index in [0.29, 0.717) is 12.1 Å². The van der Waals surface area contributed by atoms with Crippen molar-refractivity contribution in [2.75, 3.05) is 5.32 Å². The fourth-order valence-electron chi connectivity index (χ4n) is 1.89. The second-order valence-electron chi connectivity index (χ2n) is 3.95. The van der Waals surface area contributed by atoms with Gasteiger partial charge in [-0.1, -0.05) is 11.2 Å². The maximum atomic E-state index is 11.2. The van der Waals surface area contributed by atoms with E-state index < -0.39 is 5.24 Å². The summed E-state index contributed by atoms with van der Waals surface area (Å²) in [5.41, 5.74) is 3.00. The molecule has 0 bridgehead atoms. The lowest BCUT2D eigenvalue weighted by Gasteiger charge is -2.00. The minimum Gasteiger partial charge on any atom is -0.351 e. The molecular formula is C12H7ClN2O3. The van der Waals surface area contributed by atoms with Gasteiger partial charge in [0.15, 0.2) is 0 Å². The number of carbonyl (C=O) groups excluding carboxylic acids is 2. The van der Waals surface area contributed by atoms with Gasteiger partial charge in [-0.05, 0) is 29.3 Å². The molecule has 2 aromatic rings. The van der Waals surface area contributed by atoms with E-state index in [1.54, 1.807) is 12.1 Å². The van der Waals surface area contributed by atoms with Crippen LogP contribution in [0.4, 0.5) is 5.69 Å². The third-order valence-electron chi connectivity index (χ3n) is 2.73. The highest BCUT2D eigenvalue weighted by Gasteiger charge is 2.19. The van der Waals surface area contributed by atoms with Crippen LogP contribution in [0.3, 0.4) is 0 Å². The molecule has 5 nitrogen and oxygen atoms in total. The van der Waals surface area contributed by atoms with Gasteiger partial charge in [0.2, 0.25) is 11.7 Å². The number of hydrogen-bond acceptors (Lipinski definition) is 4. The Labute approximate surface area is 107 Å². The second-order valence-corrected chi connectivity index (χ2v) is 4.29. The molecule has 0 saturated heterocycles. The first kappa shape index (κ1) is 11.0. The Morgan fingerprint density at radius 2 is 2.22 bits per heavy atom. The topological polar surface area (TPSA) is 72.2 Å². The first-order chi connectivity index (χ1) is 8.63. The number of benzene rings is 1. The summed E-state index contributed by atoms with van der Waals surface area (Å²) >= 11 is 5.29. The van der Waals surface area contributed by atoms with E-state index in [0.717, 1.165) is 16.8 Å². The quantitative estimate of drug-likeness (QED) is 0.842. The van der Waals surface area contributed by atoms with Crippen molar-refractivity contribution in [2.24, 2.45) is 0 Å². The van der Waals surface area contributed by atoms with Gasteiger partial charge in [0.25, 0.3) is 5.24 Å². The number of halogens is 1. The van der Waals surface area contributed by atoms with Gasteiger partial charge in [0.1, 0.15) is 5.69 Å². The zero-order chi connectivity index (χ0) is 12.7. The highest BCUT2D eigenvalue weighted by molar-refractivity contribution is 6.67. The summed E-state index contributed by atoms with van der Waals surface area (Å²) in [5, 5.41) is 5.82. The molecule has 0 radical (unpaired) electrons. The van der Waals surface area contributed by atoms with Crippen LogP contribution < -0.4 is 5.32 Å². The molecule has 3 rings (SSSR count). The van der Waals surface area contributed by atoms with Crippen LogP contribution in [0, 0.1) is 0 Å². The number of nitrogens with one attached hydrogen (secondary N) is 1. The lowest BCUT2D eigenvalue weighted by atomic mass is 10.1. The van der Waals surface area contributed by atoms with Crippen LogP contribution in [0.15, 0.2) is 28.8 Å². The lowest BCUT2D eigenvalue weighted by molar-refractivity contribution is -0.115. The van der Waals surface area contributed by atoms with Crippen molar-refractivity contribution >= 4 is 28.4 Å². The van der Waals surface area contributed by atoms with E-state index in [4.69, 9.17) is 16.1 Å². The van der Waals surface area contributed by atoms with Gasteiger partial charge < -0.3 is 9.84 Å². The van der Waals surface area contributed by atoms with Crippen LogP contribution in [0.5, 0.6) is 0 Å². The highest BCUT2D eigenvalue weighted by Crippen LogP contribution is 2.28. The molecule has 1 amide bonds. The van der Waals surface area contributed by atoms with E-state index in [1.807, 2.05) is 6.07 Å². The zero-order valence-electron chi connectivity index (χ0n) is 9.07. The number of fused-ring (bicyclic) bond motifs is 1. The minimum atomic E-state index is -0.688. The van der Waals surface area contributed by atoms with Crippen molar-refractivity contribution in [2.45, 2.75) is 6.42 Å². The van der Waals surface area contributed by atoms with Gasteiger partial charge in [-0.15, -0.1) is 0 Å². The van der Waals surface area contributed by atoms with Gasteiger partial charge in [-0.2, -0.15) is 0 Å². The Hall–Kier alpha value is -2.14. The molecule has 0 saturated carbocycles. The van der Waals surface area contributed by atoms with Gasteiger partial charge in [-0.3, -0.25) is 9.59 Å². The predicted octanol–water partition coefficient (Wildman–Crippen LogP) is 2.22. The average Bonchev–Trinajstić information content (AvgIpc) is 2.91. The van der Waals surface area contributed by atoms with Crippen molar-refractivity contribution < 1.29 is 14.1 Å². The summed E-state index contributed by atoms with van der Waals surface area (Å²) in [6.45, 7) is 0. The first-order valence-electron chi connectivity index (χ1n) is 5.23. The van der Waals surface area contributed by atoms with Crippen molar-refractivity contribution in [1.29, 1.82) is 0 Å². The van der Waals surface area contributed by atoms with E-state index >= 15 is 0 Å². The zero-order valence-corrected chi connectivity index (χ0v) is 9.82. The second kappa shape index (κ2) is 3.96. The van der Waals surface area contributed by atoms with Crippen LogP contribution in [-0.4, -0.2) is 16.3 Å². The number of carbonyl (C=O) groups is 2. The molecule has 0 unspecified atom stereocenters. The fourth-order valence-corrected chi connectivity index (χ4v) is 1.98. The summed E-state index contributed by atoms with van der Waals surface area (Å²) in [6.07, 6.45) is 0.350. The van der Waals surface area contributed by atoms with Crippen molar-refractivity contribution in [3.05, 3.63) is 35.6 Å². The largest absolute Gasteiger partial charge is 0.351 e. The molecular weight excluding hydrogens is 256 g/mol. The summed E-state index contributed by atoms with van der Waals surface area (Å²) in [6, 6.07) is 6.91. The standard InChI is InChI=1S/C12H7ClN2O3/c13-12(17)10-5-9(15-18-10)6-1-2-8-7(3-6)4-11(16)14-8/h1-3,5H,4H2,(H,14,16). The molecule has 0 spiro atoms. The monoisotopic (exact) mass is 262 g/mol. The number of nitrogens with zero attached hydrogens (tertiary/aromatic N) is 1. The smallest absolute Gasteiger partial charge is 0.290 e. The van der Waals surface area contributed by atoms with Gasteiger partial charge in [0, 0.05) is 17.3 Å². The Morgan fingerprint density at radius 1 is 1.39 bits per heavy atom. The van der Waals surface area contributed by atoms with E-state index in [-0.39, 0.29) is 11.7 Å². The van der Waals surface area contributed by atoms with E-state index in [9.17, 15) is 9.59 Å². The number of aromatic nitrogens is 1. The van der Waals surface area contributed by atoms with Crippen LogP contribution >= 0.6 is 11.6 Å². The molecule has 1 N–H and O–H groups in total. The number of anilines is 1. The molecule has 1 aliphatic heterocycles. The summed E-state index contributed by atoms with van der Waals surface area (Å²) in [4.78, 5) is 22.1. The Balaban J connectivity index is 2.00. The normalized spacial score (nSPS) is 13.3. The number of rotatable bonds is 2. The Kier molecular flexibility index (Phi) is 2.41. The molecule has 0 fully saturated rings. The number of hydrogen-bond donors (Lipinski definition) is 1. The fraction of sp³-hybridized carbons (Fsp3) is 0.0833. The summed E-state index contributed by atoms with van der Waals surface area (Å²) < 4.78 is 4.81. The highest BCUT2D eigenvalue weighted by atomic mass is 35.5. The van der Waals surface area contributed by atoms with Crippen LogP contribution in [0.25, 0.3) is 11.3 Å². The third-order valence-corrected chi connectivity index (χ3v) is 2.92. The summed E-state index contributed by atoms with van der Waals surface area (Å²) in [7, 11) is 0. The molecule has 2 heterocycles. The maximum absolute atomic E-state index is 11.2. The third kappa shape index (κ3) is 1.78. The molecule has 1 aromatic carbocycles. The first-order valence-corrected chi connectivity index (χ1v) is 5.61. The Bertz CT molecular complexity index is 663. The molecule has 0 aliphatic carbocycles. The van der Waals surface area contributed by atoms with Crippen LogP contribution in [0.1, 0.15) is 16.1 Å². The molecule has 0 atom stereocenters. The van der Waals surface area contributed by atoms with Gasteiger partial charge in [0.05, 0.1) is 6.42 Å². The van der Waals surface area contributed by atoms with E-state index in [2.05, 4.69) is 10.5 Å².